The van der Waals surface area contributed by atoms with Gasteiger partial charge in [0.1, 0.15) is 12.6 Å². The molecule has 0 saturated carbocycles. The van der Waals surface area contributed by atoms with Gasteiger partial charge >= 0.3 is 0 Å². The first kappa shape index (κ1) is 33.5. The number of nitrogens with one attached hydrogen (secondary N) is 1. The number of benzene rings is 4. The molecule has 0 aliphatic rings. The maximum Gasteiger partial charge on any atom is 0.264 e. The molecule has 8 heteroatoms. The van der Waals surface area contributed by atoms with Crippen molar-refractivity contribution in [3.63, 3.8) is 0 Å². The van der Waals surface area contributed by atoms with Crippen molar-refractivity contribution in [3.05, 3.63) is 131 Å². The minimum Gasteiger partial charge on any atom is -0.354 e. The summed E-state index contributed by atoms with van der Waals surface area (Å²) < 4.78 is 29.6. The van der Waals surface area contributed by atoms with Crippen molar-refractivity contribution in [1.82, 2.24) is 10.2 Å². The second-order valence-electron chi connectivity index (χ2n) is 11.1. The average Bonchev–Trinajstić information content (AvgIpc) is 3.06. The summed E-state index contributed by atoms with van der Waals surface area (Å²) in [6, 6.07) is 31.9. The standard InChI is InChI=1S/C37H43N3O4S/c1-4-6-25-38-37(42)35(26-30-18-9-7-10-19-30)39(27-32-21-14-13-17-29(32)3)36(41)28-40(34-24-16-15-20-31(34)5-2)45(43,44)33-22-11-8-12-23-33/h7-24,35H,4-6,25-28H2,1-3H3,(H,38,42)/t35-/m1/s1. The first-order chi connectivity index (χ1) is 21.8. The van der Waals surface area contributed by atoms with Gasteiger partial charge in [0, 0.05) is 19.5 Å². The highest BCUT2D eigenvalue weighted by Crippen LogP contribution is 2.28. The zero-order chi connectivity index (χ0) is 32.2. The molecule has 0 saturated heterocycles. The Bertz CT molecular complexity index is 1660. The van der Waals surface area contributed by atoms with Crippen LogP contribution in [0.1, 0.15) is 48.9 Å². The number of carbonyl (C=O) groups is 2. The number of hydrogen-bond acceptors (Lipinski definition) is 4. The number of aryl methyl sites for hydroxylation is 2. The number of carbonyl (C=O) groups excluding carboxylic acids is 2. The van der Waals surface area contributed by atoms with Crippen molar-refractivity contribution < 1.29 is 18.0 Å². The van der Waals surface area contributed by atoms with Gasteiger partial charge in [-0.25, -0.2) is 8.42 Å². The van der Waals surface area contributed by atoms with Crippen LogP contribution >= 0.6 is 0 Å². The largest absolute Gasteiger partial charge is 0.354 e. The molecule has 2 amide bonds. The van der Waals surface area contributed by atoms with Crippen LogP contribution in [0.25, 0.3) is 0 Å². The summed E-state index contributed by atoms with van der Waals surface area (Å²) in [5.74, 6) is -0.726. The highest BCUT2D eigenvalue weighted by atomic mass is 32.2. The summed E-state index contributed by atoms with van der Waals surface area (Å²) in [5, 5.41) is 3.03. The number of para-hydroxylation sites is 1. The predicted molar refractivity (Wildman–Crippen MR) is 180 cm³/mol. The molecular weight excluding hydrogens is 582 g/mol. The zero-order valence-electron chi connectivity index (χ0n) is 26.4. The second-order valence-corrected chi connectivity index (χ2v) is 13.0. The van der Waals surface area contributed by atoms with Crippen LogP contribution in [-0.4, -0.2) is 44.3 Å². The number of anilines is 1. The van der Waals surface area contributed by atoms with E-state index < -0.39 is 28.5 Å². The van der Waals surface area contributed by atoms with E-state index in [9.17, 15) is 18.0 Å². The Balaban J connectivity index is 1.82. The lowest BCUT2D eigenvalue weighted by Gasteiger charge is -2.34. The first-order valence-corrected chi connectivity index (χ1v) is 17.0. The molecule has 45 heavy (non-hydrogen) atoms. The van der Waals surface area contributed by atoms with Gasteiger partial charge in [0.25, 0.3) is 10.0 Å². The van der Waals surface area contributed by atoms with Crippen LogP contribution in [0, 0.1) is 6.92 Å². The van der Waals surface area contributed by atoms with Crippen molar-refractivity contribution in [2.24, 2.45) is 0 Å². The van der Waals surface area contributed by atoms with Crippen molar-refractivity contribution in [2.75, 3.05) is 17.4 Å². The zero-order valence-corrected chi connectivity index (χ0v) is 27.2. The van der Waals surface area contributed by atoms with Crippen molar-refractivity contribution >= 4 is 27.5 Å². The van der Waals surface area contributed by atoms with E-state index in [0.717, 1.165) is 35.1 Å². The van der Waals surface area contributed by atoms with E-state index >= 15 is 0 Å². The number of sulfonamides is 1. The Hall–Kier alpha value is -4.43. The van der Waals surface area contributed by atoms with E-state index in [-0.39, 0.29) is 23.8 Å². The summed E-state index contributed by atoms with van der Waals surface area (Å²) in [6.45, 7) is 6.15. The molecular formula is C37H43N3O4S. The van der Waals surface area contributed by atoms with Gasteiger partial charge < -0.3 is 10.2 Å². The quantitative estimate of drug-likeness (QED) is 0.157. The Morgan fingerprint density at radius 3 is 2.02 bits per heavy atom. The fraction of sp³-hybridized carbons (Fsp3) is 0.297. The highest BCUT2D eigenvalue weighted by molar-refractivity contribution is 7.92. The molecule has 0 aromatic heterocycles. The lowest BCUT2D eigenvalue weighted by atomic mass is 10.0. The van der Waals surface area contributed by atoms with E-state index in [1.54, 1.807) is 35.2 Å². The lowest BCUT2D eigenvalue weighted by molar-refractivity contribution is -0.140. The fourth-order valence-corrected chi connectivity index (χ4v) is 6.79. The lowest BCUT2D eigenvalue weighted by Crippen LogP contribution is -2.53. The molecule has 0 aliphatic heterocycles. The average molecular weight is 626 g/mol. The molecule has 0 aliphatic carbocycles. The third-order valence-electron chi connectivity index (χ3n) is 7.95. The monoisotopic (exact) mass is 625 g/mol. The molecule has 0 bridgehead atoms. The summed E-state index contributed by atoms with van der Waals surface area (Å²) >= 11 is 0. The number of rotatable bonds is 15. The van der Waals surface area contributed by atoms with Gasteiger partial charge in [-0.2, -0.15) is 0 Å². The van der Waals surface area contributed by atoms with E-state index in [1.165, 1.54) is 16.4 Å². The molecule has 0 unspecified atom stereocenters. The molecule has 236 valence electrons. The van der Waals surface area contributed by atoms with Crippen LogP contribution in [0.3, 0.4) is 0 Å². The van der Waals surface area contributed by atoms with Gasteiger partial charge in [-0.1, -0.05) is 111 Å². The molecule has 1 N–H and O–H groups in total. The molecule has 4 aromatic carbocycles. The summed E-state index contributed by atoms with van der Waals surface area (Å²) in [4.78, 5) is 30.2. The number of nitrogens with zero attached hydrogens (tertiary/aromatic N) is 2. The van der Waals surface area contributed by atoms with Crippen molar-refractivity contribution in [1.29, 1.82) is 0 Å². The SMILES string of the molecule is CCCCNC(=O)[C@@H](Cc1ccccc1)N(Cc1ccccc1C)C(=O)CN(c1ccccc1CC)S(=O)(=O)c1ccccc1. The molecule has 4 rings (SSSR count). The maximum atomic E-state index is 14.6. The summed E-state index contributed by atoms with van der Waals surface area (Å²) in [6.07, 6.45) is 2.59. The number of hydrogen-bond donors (Lipinski definition) is 1. The molecule has 4 aromatic rings. The van der Waals surface area contributed by atoms with Crippen LogP contribution in [0.15, 0.2) is 114 Å². The van der Waals surface area contributed by atoms with Crippen molar-refractivity contribution in [2.45, 2.75) is 63.9 Å². The molecule has 0 spiro atoms. The van der Waals surface area contributed by atoms with E-state index in [2.05, 4.69) is 12.2 Å². The van der Waals surface area contributed by atoms with Crippen LogP contribution in [0.4, 0.5) is 5.69 Å². The Labute approximate surface area is 268 Å². The van der Waals surface area contributed by atoms with Crippen LogP contribution in [-0.2, 0) is 39.0 Å². The molecule has 0 radical (unpaired) electrons. The Kier molecular flexibility index (Phi) is 11.9. The Morgan fingerprint density at radius 2 is 1.38 bits per heavy atom. The molecule has 0 fully saturated rings. The van der Waals surface area contributed by atoms with Gasteiger partial charge in [-0.05, 0) is 60.2 Å². The normalized spacial score (nSPS) is 11.9. The van der Waals surface area contributed by atoms with Crippen molar-refractivity contribution in [3.8, 4) is 0 Å². The Morgan fingerprint density at radius 1 is 0.778 bits per heavy atom. The van der Waals surface area contributed by atoms with Gasteiger partial charge in [0.2, 0.25) is 11.8 Å². The van der Waals surface area contributed by atoms with Gasteiger partial charge in [-0.15, -0.1) is 0 Å². The molecule has 7 nitrogen and oxygen atoms in total. The second kappa shape index (κ2) is 16.0. The number of amides is 2. The summed E-state index contributed by atoms with van der Waals surface area (Å²) in [7, 11) is -4.13. The third kappa shape index (κ3) is 8.60. The molecule has 1 atom stereocenters. The molecule has 0 heterocycles. The number of unbranched alkanes of at least 4 members (excludes halogenated alkanes) is 1. The topological polar surface area (TPSA) is 86.8 Å². The van der Waals surface area contributed by atoms with E-state index in [1.807, 2.05) is 80.6 Å². The summed E-state index contributed by atoms with van der Waals surface area (Å²) in [5.41, 5.74) is 4.01. The van der Waals surface area contributed by atoms with Gasteiger partial charge in [-0.3, -0.25) is 13.9 Å². The minimum atomic E-state index is -4.13. The first-order valence-electron chi connectivity index (χ1n) is 15.6. The van der Waals surface area contributed by atoms with E-state index in [4.69, 9.17) is 0 Å². The van der Waals surface area contributed by atoms with Gasteiger partial charge in [0.15, 0.2) is 0 Å². The predicted octanol–water partition coefficient (Wildman–Crippen LogP) is 6.31. The van der Waals surface area contributed by atoms with E-state index in [0.29, 0.717) is 18.7 Å². The highest BCUT2D eigenvalue weighted by Gasteiger charge is 2.35. The smallest absolute Gasteiger partial charge is 0.264 e. The van der Waals surface area contributed by atoms with Crippen LogP contribution in [0.5, 0.6) is 0 Å². The fourth-order valence-electron chi connectivity index (χ4n) is 5.32. The third-order valence-corrected chi connectivity index (χ3v) is 9.73. The van der Waals surface area contributed by atoms with Gasteiger partial charge in [0.05, 0.1) is 10.6 Å². The van der Waals surface area contributed by atoms with Crippen LogP contribution in [0.2, 0.25) is 0 Å². The van der Waals surface area contributed by atoms with Crippen LogP contribution < -0.4 is 9.62 Å². The minimum absolute atomic E-state index is 0.0901. The maximum absolute atomic E-state index is 14.6.